The van der Waals surface area contributed by atoms with E-state index in [1.54, 1.807) is 0 Å². The zero-order valence-electron chi connectivity index (χ0n) is 20.1. The van der Waals surface area contributed by atoms with Gasteiger partial charge in [-0.3, -0.25) is 0 Å². The standard InChI is InChI=1S/C26H34O11/c27-11-17-22(33-13-15-7-3-1-4-8-15)19(29)20(30)26(36-17)37-24-21(31)25(32)35-18(12-28)23(24)34-14-16-9-5-2-6-10-16/h1-10,17-32H,11-14H2/t17-,18-,19-,20-,21-,22-,23-,24-,25-,26+/m1/s1. The number of aliphatic hydroxyl groups excluding tert-OH is 6. The van der Waals surface area contributed by atoms with Crippen molar-refractivity contribution in [3.63, 3.8) is 0 Å². The number of ether oxygens (including phenoxy) is 5. The molecule has 2 aromatic rings. The summed E-state index contributed by atoms with van der Waals surface area (Å²) in [5, 5.41) is 62.2. The topological polar surface area (TPSA) is 168 Å². The molecule has 2 saturated heterocycles. The Balaban J connectivity index is 1.47. The van der Waals surface area contributed by atoms with E-state index in [1.165, 1.54) is 0 Å². The number of aliphatic hydroxyl groups is 6. The molecule has 0 spiro atoms. The summed E-state index contributed by atoms with van der Waals surface area (Å²) in [5.74, 6) is 0. The van der Waals surface area contributed by atoms with Crippen LogP contribution in [0, 0.1) is 0 Å². The smallest absolute Gasteiger partial charge is 0.187 e. The highest BCUT2D eigenvalue weighted by atomic mass is 16.7. The molecule has 11 heteroatoms. The Labute approximate surface area is 214 Å². The lowest BCUT2D eigenvalue weighted by atomic mass is 9.96. The Morgan fingerprint density at radius 3 is 1.65 bits per heavy atom. The minimum atomic E-state index is -1.71. The molecule has 204 valence electrons. The molecule has 2 heterocycles. The van der Waals surface area contributed by atoms with Crippen molar-refractivity contribution in [1.29, 1.82) is 0 Å². The summed E-state index contributed by atoms with van der Waals surface area (Å²) < 4.78 is 28.5. The van der Waals surface area contributed by atoms with Crippen molar-refractivity contribution in [3.05, 3.63) is 71.8 Å². The van der Waals surface area contributed by atoms with Crippen molar-refractivity contribution < 1.29 is 54.3 Å². The van der Waals surface area contributed by atoms with Gasteiger partial charge in [-0.05, 0) is 11.1 Å². The van der Waals surface area contributed by atoms with Crippen molar-refractivity contribution in [2.75, 3.05) is 13.2 Å². The highest BCUT2D eigenvalue weighted by Crippen LogP contribution is 2.31. The zero-order valence-corrected chi connectivity index (χ0v) is 20.1. The lowest BCUT2D eigenvalue weighted by Gasteiger charge is -2.47. The van der Waals surface area contributed by atoms with Gasteiger partial charge in [-0.1, -0.05) is 60.7 Å². The van der Waals surface area contributed by atoms with Crippen LogP contribution in [0.4, 0.5) is 0 Å². The highest BCUT2D eigenvalue weighted by Gasteiger charge is 2.51. The van der Waals surface area contributed by atoms with Crippen LogP contribution < -0.4 is 0 Å². The molecule has 0 saturated carbocycles. The molecule has 10 atom stereocenters. The van der Waals surface area contributed by atoms with Crippen LogP contribution in [0.2, 0.25) is 0 Å². The van der Waals surface area contributed by atoms with Gasteiger partial charge < -0.3 is 54.3 Å². The number of benzene rings is 2. The third kappa shape index (κ3) is 6.72. The molecule has 2 aliphatic rings. The fraction of sp³-hybridized carbons (Fsp3) is 0.538. The average molecular weight is 523 g/mol. The Bertz CT molecular complexity index is 931. The van der Waals surface area contributed by atoms with E-state index in [1.807, 2.05) is 60.7 Å². The Morgan fingerprint density at radius 1 is 0.595 bits per heavy atom. The summed E-state index contributed by atoms with van der Waals surface area (Å²) in [5.41, 5.74) is 1.63. The highest BCUT2D eigenvalue weighted by molar-refractivity contribution is 5.14. The Morgan fingerprint density at radius 2 is 1.11 bits per heavy atom. The maximum atomic E-state index is 10.8. The van der Waals surface area contributed by atoms with E-state index in [0.717, 1.165) is 11.1 Å². The van der Waals surface area contributed by atoms with Crippen molar-refractivity contribution in [2.45, 2.75) is 74.6 Å². The molecule has 0 bridgehead atoms. The van der Waals surface area contributed by atoms with E-state index in [4.69, 9.17) is 23.7 Å². The second kappa shape index (κ2) is 13.2. The van der Waals surface area contributed by atoms with Gasteiger partial charge in [0.1, 0.15) is 48.8 Å². The predicted octanol–water partition coefficient (Wildman–Crippen LogP) is -0.948. The molecule has 0 aliphatic carbocycles. The zero-order chi connectivity index (χ0) is 26.4. The molecule has 11 nitrogen and oxygen atoms in total. The third-order valence-corrected chi connectivity index (χ3v) is 6.50. The minimum Gasteiger partial charge on any atom is -0.394 e. The second-order valence-electron chi connectivity index (χ2n) is 9.07. The minimum absolute atomic E-state index is 0.0827. The van der Waals surface area contributed by atoms with Gasteiger partial charge in [-0.2, -0.15) is 0 Å². The van der Waals surface area contributed by atoms with Gasteiger partial charge in [0.15, 0.2) is 12.6 Å². The Hall–Kier alpha value is -2.00. The molecular weight excluding hydrogens is 488 g/mol. The first-order valence-electron chi connectivity index (χ1n) is 12.1. The lowest BCUT2D eigenvalue weighted by Crippen LogP contribution is -2.65. The molecule has 37 heavy (non-hydrogen) atoms. The molecule has 6 N–H and O–H groups in total. The van der Waals surface area contributed by atoms with Crippen LogP contribution in [0.15, 0.2) is 60.7 Å². The first kappa shape index (κ1) is 28.0. The van der Waals surface area contributed by atoms with Crippen LogP contribution in [0.5, 0.6) is 0 Å². The van der Waals surface area contributed by atoms with Gasteiger partial charge >= 0.3 is 0 Å². The SMILES string of the molecule is OC[C@H]1O[C@@H](O[C@@H]2[C@@H](O)[C@H](O)O[C@H](CO)[C@H]2OCc2ccccc2)[C@H](O)[C@@H](O)[C@@H]1OCc1ccccc1. The van der Waals surface area contributed by atoms with E-state index in [9.17, 15) is 30.6 Å². The maximum Gasteiger partial charge on any atom is 0.187 e. The largest absolute Gasteiger partial charge is 0.394 e. The van der Waals surface area contributed by atoms with Gasteiger partial charge in [0, 0.05) is 0 Å². The summed E-state index contributed by atoms with van der Waals surface area (Å²) in [6.45, 7) is -0.901. The summed E-state index contributed by atoms with van der Waals surface area (Å²) in [6.07, 6.45) is -13.6. The van der Waals surface area contributed by atoms with Gasteiger partial charge in [-0.25, -0.2) is 0 Å². The summed E-state index contributed by atoms with van der Waals surface area (Å²) in [6, 6.07) is 18.3. The third-order valence-electron chi connectivity index (χ3n) is 6.50. The normalized spacial score (nSPS) is 36.4. The van der Waals surface area contributed by atoms with Gasteiger partial charge in [0.25, 0.3) is 0 Å². The van der Waals surface area contributed by atoms with E-state index in [0.29, 0.717) is 0 Å². The Kier molecular flexibility index (Phi) is 9.98. The number of hydrogen-bond donors (Lipinski definition) is 6. The molecule has 2 aromatic carbocycles. The fourth-order valence-corrected chi connectivity index (χ4v) is 4.47. The van der Waals surface area contributed by atoms with Crippen LogP contribution in [-0.4, -0.2) is 105 Å². The second-order valence-corrected chi connectivity index (χ2v) is 9.07. The summed E-state index contributed by atoms with van der Waals surface area (Å²) >= 11 is 0. The van der Waals surface area contributed by atoms with Crippen molar-refractivity contribution >= 4 is 0 Å². The first-order valence-corrected chi connectivity index (χ1v) is 12.1. The van der Waals surface area contributed by atoms with Gasteiger partial charge in [0.05, 0.1) is 26.4 Å². The number of rotatable bonds is 10. The molecule has 4 rings (SSSR count). The fourth-order valence-electron chi connectivity index (χ4n) is 4.47. The van der Waals surface area contributed by atoms with E-state index >= 15 is 0 Å². The maximum absolute atomic E-state index is 10.8. The van der Waals surface area contributed by atoms with Crippen LogP contribution in [0.25, 0.3) is 0 Å². The van der Waals surface area contributed by atoms with E-state index < -0.39 is 74.6 Å². The average Bonchev–Trinajstić information content (AvgIpc) is 2.93. The van der Waals surface area contributed by atoms with E-state index in [2.05, 4.69) is 0 Å². The summed E-state index contributed by atoms with van der Waals surface area (Å²) in [7, 11) is 0. The molecule has 0 amide bonds. The van der Waals surface area contributed by atoms with Crippen LogP contribution in [0.1, 0.15) is 11.1 Å². The van der Waals surface area contributed by atoms with Crippen LogP contribution >= 0.6 is 0 Å². The van der Waals surface area contributed by atoms with Crippen molar-refractivity contribution in [2.24, 2.45) is 0 Å². The summed E-state index contributed by atoms with van der Waals surface area (Å²) in [4.78, 5) is 0. The van der Waals surface area contributed by atoms with Gasteiger partial charge in [-0.15, -0.1) is 0 Å². The van der Waals surface area contributed by atoms with Crippen LogP contribution in [-0.2, 0) is 36.9 Å². The predicted molar refractivity (Wildman–Crippen MR) is 127 cm³/mol. The van der Waals surface area contributed by atoms with Gasteiger partial charge in [0.2, 0.25) is 0 Å². The van der Waals surface area contributed by atoms with E-state index in [-0.39, 0.29) is 13.2 Å². The molecular formula is C26H34O11. The van der Waals surface area contributed by atoms with Crippen molar-refractivity contribution in [3.8, 4) is 0 Å². The van der Waals surface area contributed by atoms with Crippen LogP contribution in [0.3, 0.4) is 0 Å². The molecule has 0 radical (unpaired) electrons. The lowest BCUT2D eigenvalue weighted by molar-refractivity contribution is -0.362. The first-order chi connectivity index (χ1) is 17.9. The number of hydrogen-bond acceptors (Lipinski definition) is 11. The molecule has 0 aromatic heterocycles. The molecule has 2 aliphatic heterocycles. The molecule has 2 fully saturated rings. The van der Waals surface area contributed by atoms with Crippen molar-refractivity contribution in [1.82, 2.24) is 0 Å². The molecule has 0 unspecified atom stereocenters. The monoisotopic (exact) mass is 522 g/mol. The quantitative estimate of drug-likeness (QED) is 0.228.